The van der Waals surface area contributed by atoms with E-state index in [1.165, 1.54) is 37.8 Å². The second-order valence-corrected chi connectivity index (χ2v) is 5.76. The molecule has 1 rings (SSSR count). The van der Waals surface area contributed by atoms with Crippen LogP contribution < -0.4 is 5.32 Å². The predicted octanol–water partition coefficient (Wildman–Crippen LogP) is 3.58. The quantitative estimate of drug-likeness (QED) is 0.656. The van der Waals surface area contributed by atoms with Crippen molar-refractivity contribution in [3.63, 3.8) is 0 Å². The van der Waals surface area contributed by atoms with Gasteiger partial charge in [-0.3, -0.25) is 0 Å². The summed E-state index contributed by atoms with van der Waals surface area (Å²) in [5.41, 5.74) is 1.31. The average molecular weight is 266 g/mol. The van der Waals surface area contributed by atoms with Crippen LogP contribution in [0.1, 0.15) is 50.9 Å². The molecule has 1 aromatic rings. The molecule has 0 aromatic carbocycles. The van der Waals surface area contributed by atoms with Gasteiger partial charge < -0.3 is 14.6 Å². The lowest BCUT2D eigenvalue weighted by Crippen LogP contribution is -2.23. The lowest BCUT2D eigenvalue weighted by atomic mass is 10.1. The molecule has 0 unspecified atom stereocenters. The van der Waals surface area contributed by atoms with Crippen LogP contribution in [0.25, 0.3) is 0 Å². The lowest BCUT2D eigenvalue weighted by molar-refractivity contribution is 0.314. The van der Waals surface area contributed by atoms with E-state index in [2.05, 4.69) is 37.2 Å². The molecule has 19 heavy (non-hydrogen) atoms. The van der Waals surface area contributed by atoms with Crippen molar-refractivity contribution in [2.24, 2.45) is 0 Å². The highest BCUT2D eigenvalue weighted by atomic mass is 16.3. The van der Waals surface area contributed by atoms with Gasteiger partial charge in [0.25, 0.3) is 0 Å². The van der Waals surface area contributed by atoms with E-state index in [0.29, 0.717) is 6.04 Å². The molecule has 110 valence electrons. The van der Waals surface area contributed by atoms with Crippen LogP contribution in [0.5, 0.6) is 0 Å². The summed E-state index contributed by atoms with van der Waals surface area (Å²) in [7, 11) is 2.19. The Kier molecular flexibility index (Phi) is 7.84. The van der Waals surface area contributed by atoms with Gasteiger partial charge in [0.15, 0.2) is 0 Å². The second-order valence-electron chi connectivity index (χ2n) is 5.76. The molecule has 3 nitrogen and oxygen atoms in total. The van der Waals surface area contributed by atoms with Gasteiger partial charge in [-0.05, 0) is 46.0 Å². The minimum Gasteiger partial charge on any atom is -0.469 e. The van der Waals surface area contributed by atoms with Gasteiger partial charge >= 0.3 is 0 Å². The minimum atomic E-state index is 0.615. The highest BCUT2D eigenvalue weighted by Crippen LogP contribution is 2.11. The molecular weight excluding hydrogens is 236 g/mol. The van der Waals surface area contributed by atoms with E-state index in [-0.39, 0.29) is 0 Å². The smallest absolute Gasteiger partial charge is 0.105 e. The summed E-state index contributed by atoms with van der Waals surface area (Å²) < 4.78 is 5.32. The van der Waals surface area contributed by atoms with E-state index in [1.807, 2.05) is 6.92 Å². The molecule has 1 heterocycles. The summed E-state index contributed by atoms with van der Waals surface area (Å²) in [6, 6.07) is 2.69. The molecule has 0 bridgehead atoms. The molecule has 0 aliphatic carbocycles. The maximum Gasteiger partial charge on any atom is 0.105 e. The summed E-state index contributed by atoms with van der Waals surface area (Å²) in [5.74, 6) is 1.05. The zero-order chi connectivity index (χ0) is 14.1. The summed E-state index contributed by atoms with van der Waals surface area (Å²) in [6.45, 7) is 9.76. The van der Waals surface area contributed by atoms with E-state index < -0.39 is 0 Å². The van der Waals surface area contributed by atoms with Crippen molar-refractivity contribution in [1.29, 1.82) is 0 Å². The fourth-order valence-corrected chi connectivity index (χ4v) is 2.20. The van der Waals surface area contributed by atoms with E-state index >= 15 is 0 Å². The normalized spacial score (nSPS) is 11.7. The molecule has 0 aliphatic rings. The highest BCUT2D eigenvalue weighted by Gasteiger charge is 2.04. The zero-order valence-electron chi connectivity index (χ0n) is 13.0. The Morgan fingerprint density at radius 1 is 1.21 bits per heavy atom. The van der Waals surface area contributed by atoms with Gasteiger partial charge in [-0.15, -0.1) is 0 Å². The number of nitrogens with zero attached hydrogens (tertiary/aromatic N) is 1. The van der Waals surface area contributed by atoms with Crippen LogP contribution in [-0.2, 0) is 6.54 Å². The van der Waals surface area contributed by atoms with Gasteiger partial charge in [-0.2, -0.15) is 0 Å². The minimum absolute atomic E-state index is 0.615. The molecular formula is C16H30N2O. The molecule has 0 saturated carbocycles. The topological polar surface area (TPSA) is 28.4 Å². The van der Waals surface area contributed by atoms with Gasteiger partial charge in [-0.25, -0.2) is 0 Å². The van der Waals surface area contributed by atoms with Crippen LogP contribution >= 0.6 is 0 Å². The molecule has 0 amide bonds. The molecule has 0 fully saturated rings. The van der Waals surface area contributed by atoms with Crippen LogP contribution in [0.2, 0.25) is 0 Å². The molecule has 0 spiro atoms. The molecule has 0 saturated heterocycles. The maximum atomic E-state index is 5.32. The van der Waals surface area contributed by atoms with Gasteiger partial charge in [-0.1, -0.05) is 26.7 Å². The van der Waals surface area contributed by atoms with Crippen LogP contribution in [0.15, 0.2) is 16.7 Å². The first kappa shape index (κ1) is 16.3. The van der Waals surface area contributed by atoms with Crippen LogP contribution in [0.3, 0.4) is 0 Å². The first-order valence-electron chi connectivity index (χ1n) is 7.54. The Labute approximate surface area is 118 Å². The van der Waals surface area contributed by atoms with E-state index in [4.69, 9.17) is 4.42 Å². The summed E-state index contributed by atoms with van der Waals surface area (Å²) in [6.07, 6.45) is 7.02. The van der Waals surface area contributed by atoms with Crippen LogP contribution in [0.4, 0.5) is 0 Å². The first-order valence-corrected chi connectivity index (χ1v) is 7.54. The van der Waals surface area contributed by atoms with Crippen molar-refractivity contribution < 1.29 is 4.42 Å². The van der Waals surface area contributed by atoms with Crippen molar-refractivity contribution in [1.82, 2.24) is 10.2 Å². The molecule has 1 N–H and O–H groups in total. The number of hydrogen-bond donors (Lipinski definition) is 1. The van der Waals surface area contributed by atoms with E-state index in [1.54, 1.807) is 6.26 Å². The number of hydrogen-bond acceptors (Lipinski definition) is 3. The maximum absolute atomic E-state index is 5.32. The Hall–Kier alpha value is -0.800. The van der Waals surface area contributed by atoms with Crippen molar-refractivity contribution in [3.05, 3.63) is 23.7 Å². The lowest BCUT2D eigenvalue weighted by Gasteiger charge is -2.16. The fraction of sp³-hybridized carbons (Fsp3) is 0.750. The third kappa shape index (κ3) is 7.38. The predicted molar refractivity (Wildman–Crippen MR) is 81.4 cm³/mol. The fourth-order valence-electron chi connectivity index (χ4n) is 2.20. The molecule has 1 aromatic heterocycles. The van der Waals surface area contributed by atoms with E-state index in [0.717, 1.165) is 18.8 Å². The number of furan rings is 1. The van der Waals surface area contributed by atoms with Crippen LogP contribution in [0, 0.1) is 6.92 Å². The second kappa shape index (κ2) is 9.16. The molecule has 0 atom stereocenters. The number of unbranched alkanes of at least 4 members (excludes halogenated alkanes) is 3. The molecule has 0 aliphatic heterocycles. The Morgan fingerprint density at radius 2 is 1.95 bits per heavy atom. The summed E-state index contributed by atoms with van der Waals surface area (Å²) in [4.78, 5) is 2.38. The van der Waals surface area contributed by atoms with Gasteiger partial charge in [0, 0.05) is 18.2 Å². The third-order valence-electron chi connectivity index (χ3n) is 3.43. The number of rotatable bonds is 10. The highest BCUT2D eigenvalue weighted by molar-refractivity contribution is 5.14. The van der Waals surface area contributed by atoms with Crippen molar-refractivity contribution >= 4 is 0 Å². The largest absolute Gasteiger partial charge is 0.469 e. The van der Waals surface area contributed by atoms with E-state index in [9.17, 15) is 0 Å². The summed E-state index contributed by atoms with van der Waals surface area (Å²) in [5, 5.41) is 3.46. The third-order valence-corrected chi connectivity index (χ3v) is 3.43. The number of nitrogens with one attached hydrogen (secondary N) is 1. The Balaban J connectivity index is 1.99. The zero-order valence-corrected chi connectivity index (χ0v) is 13.0. The SMILES string of the molecule is Cc1occc1CN(C)CCCCCCNC(C)C. The van der Waals surface area contributed by atoms with Crippen molar-refractivity contribution in [3.8, 4) is 0 Å². The Bertz CT molecular complexity index is 333. The van der Waals surface area contributed by atoms with Gasteiger partial charge in [0.2, 0.25) is 0 Å². The monoisotopic (exact) mass is 266 g/mol. The van der Waals surface area contributed by atoms with Crippen molar-refractivity contribution in [2.45, 2.75) is 59.0 Å². The molecule has 0 radical (unpaired) electrons. The Morgan fingerprint density at radius 3 is 2.58 bits per heavy atom. The first-order chi connectivity index (χ1) is 9.09. The number of aryl methyl sites for hydroxylation is 1. The van der Waals surface area contributed by atoms with Crippen molar-refractivity contribution in [2.75, 3.05) is 20.1 Å². The summed E-state index contributed by atoms with van der Waals surface area (Å²) >= 11 is 0. The van der Waals surface area contributed by atoms with Gasteiger partial charge in [0.1, 0.15) is 5.76 Å². The van der Waals surface area contributed by atoms with Crippen LogP contribution in [-0.4, -0.2) is 31.1 Å². The average Bonchev–Trinajstić information content (AvgIpc) is 2.73. The molecule has 3 heteroatoms. The van der Waals surface area contributed by atoms with Gasteiger partial charge in [0.05, 0.1) is 6.26 Å². The standard InChI is InChI=1S/C16H30N2O/c1-14(2)17-10-7-5-6-8-11-18(4)13-16-9-12-19-15(16)3/h9,12,14,17H,5-8,10-11,13H2,1-4H3.